The van der Waals surface area contributed by atoms with Crippen LogP contribution in [0.15, 0.2) is 48.5 Å². The van der Waals surface area contributed by atoms with Crippen LogP contribution in [0.5, 0.6) is 5.75 Å². The normalized spacial score (nSPS) is 9.85. The zero-order valence-electron chi connectivity index (χ0n) is 7.07. The molecule has 1 nitrogen and oxygen atoms in total. The number of hydrogen-bond donors (Lipinski definition) is 1. The van der Waals surface area contributed by atoms with Gasteiger partial charge in [-0.3, -0.25) is 0 Å². The molecule has 2 rings (SSSR count). The number of hydrogen-bond acceptors (Lipinski definition) is 1. The van der Waals surface area contributed by atoms with Crippen LogP contribution in [-0.2, 0) is 0 Å². The minimum absolute atomic E-state index is 0.314. The lowest BCUT2D eigenvalue weighted by atomic mass is 10.1. The van der Waals surface area contributed by atoms with Crippen molar-refractivity contribution in [2.24, 2.45) is 0 Å². The van der Waals surface area contributed by atoms with Gasteiger partial charge in [0.2, 0.25) is 0 Å². The molecular formula is C12H9O. The van der Waals surface area contributed by atoms with Crippen LogP contribution in [0, 0.1) is 6.07 Å². The summed E-state index contributed by atoms with van der Waals surface area (Å²) in [4.78, 5) is 0. The van der Waals surface area contributed by atoms with E-state index in [9.17, 15) is 5.11 Å². The van der Waals surface area contributed by atoms with Gasteiger partial charge in [-0.2, -0.15) is 0 Å². The summed E-state index contributed by atoms with van der Waals surface area (Å²) in [5.74, 6) is 0.314. The van der Waals surface area contributed by atoms with Gasteiger partial charge in [-0.05, 0) is 17.7 Å². The van der Waals surface area contributed by atoms with Gasteiger partial charge in [0.15, 0.2) is 0 Å². The zero-order chi connectivity index (χ0) is 9.10. The number of phenols is 1. The molecule has 1 radical (unpaired) electrons. The average molecular weight is 169 g/mol. The summed E-state index contributed by atoms with van der Waals surface area (Å²) in [5, 5.41) is 9.55. The highest BCUT2D eigenvalue weighted by atomic mass is 16.3. The van der Waals surface area contributed by atoms with Crippen molar-refractivity contribution in [3.05, 3.63) is 54.6 Å². The van der Waals surface area contributed by atoms with Crippen LogP contribution >= 0.6 is 0 Å². The van der Waals surface area contributed by atoms with Crippen molar-refractivity contribution in [1.82, 2.24) is 0 Å². The van der Waals surface area contributed by atoms with Gasteiger partial charge in [0.05, 0.1) is 0 Å². The van der Waals surface area contributed by atoms with Gasteiger partial charge >= 0.3 is 0 Å². The third kappa shape index (κ3) is 1.54. The molecule has 13 heavy (non-hydrogen) atoms. The highest BCUT2D eigenvalue weighted by Gasteiger charge is 2.00. The van der Waals surface area contributed by atoms with Gasteiger partial charge in [0.25, 0.3) is 0 Å². The number of aromatic hydroxyl groups is 1. The molecule has 0 atom stereocenters. The first-order valence-corrected chi connectivity index (χ1v) is 4.12. The SMILES string of the molecule is Oc1ccccc1-c1cc[c]cc1. The maximum absolute atomic E-state index is 9.55. The second-order valence-corrected chi connectivity index (χ2v) is 2.81. The van der Waals surface area contributed by atoms with Crippen molar-refractivity contribution in [1.29, 1.82) is 0 Å². The van der Waals surface area contributed by atoms with Crippen molar-refractivity contribution < 1.29 is 5.11 Å². The molecule has 1 N–H and O–H groups in total. The molecule has 0 spiro atoms. The average Bonchev–Trinajstić information content (AvgIpc) is 2.20. The molecule has 2 aromatic carbocycles. The van der Waals surface area contributed by atoms with Gasteiger partial charge in [0.1, 0.15) is 5.75 Å². The molecule has 2 aromatic rings. The van der Waals surface area contributed by atoms with Crippen molar-refractivity contribution in [2.75, 3.05) is 0 Å². The zero-order valence-corrected chi connectivity index (χ0v) is 7.07. The van der Waals surface area contributed by atoms with E-state index in [2.05, 4.69) is 6.07 Å². The Morgan fingerprint density at radius 3 is 2.31 bits per heavy atom. The first-order chi connectivity index (χ1) is 6.38. The predicted molar refractivity (Wildman–Crippen MR) is 52.4 cm³/mol. The Morgan fingerprint density at radius 1 is 0.923 bits per heavy atom. The number of phenolic OH excluding ortho intramolecular Hbond substituents is 1. The van der Waals surface area contributed by atoms with Crippen molar-refractivity contribution >= 4 is 0 Å². The van der Waals surface area contributed by atoms with E-state index in [0.717, 1.165) is 11.1 Å². The van der Waals surface area contributed by atoms with Crippen molar-refractivity contribution in [3.63, 3.8) is 0 Å². The monoisotopic (exact) mass is 169 g/mol. The molecule has 0 heterocycles. The second kappa shape index (κ2) is 3.31. The van der Waals surface area contributed by atoms with E-state index >= 15 is 0 Å². The largest absolute Gasteiger partial charge is 0.507 e. The topological polar surface area (TPSA) is 20.2 Å². The van der Waals surface area contributed by atoms with Gasteiger partial charge in [-0.25, -0.2) is 0 Å². The van der Waals surface area contributed by atoms with Crippen molar-refractivity contribution in [3.8, 4) is 16.9 Å². The number of rotatable bonds is 1. The molecule has 0 fully saturated rings. The highest BCUT2D eigenvalue weighted by molar-refractivity contribution is 5.69. The fraction of sp³-hybridized carbons (Fsp3) is 0. The summed E-state index contributed by atoms with van der Waals surface area (Å²) < 4.78 is 0. The van der Waals surface area contributed by atoms with E-state index in [1.807, 2.05) is 42.5 Å². The Kier molecular flexibility index (Phi) is 2.01. The quantitative estimate of drug-likeness (QED) is 0.696. The Labute approximate surface area is 77.3 Å². The minimum Gasteiger partial charge on any atom is -0.507 e. The summed E-state index contributed by atoms with van der Waals surface area (Å²) in [7, 11) is 0. The molecule has 0 amide bonds. The van der Waals surface area contributed by atoms with Crippen LogP contribution in [0.4, 0.5) is 0 Å². The van der Waals surface area contributed by atoms with Crippen LogP contribution in [0.1, 0.15) is 0 Å². The van der Waals surface area contributed by atoms with E-state index in [1.54, 1.807) is 6.07 Å². The lowest BCUT2D eigenvalue weighted by molar-refractivity contribution is 0.477. The third-order valence-electron chi connectivity index (χ3n) is 1.93. The van der Waals surface area contributed by atoms with Gasteiger partial charge in [0, 0.05) is 5.56 Å². The van der Waals surface area contributed by atoms with E-state index < -0.39 is 0 Å². The molecule has 1 heteroatoms. The molecule has 0 saturated heterocycles. The van der Waals surface area contributed by atoms with Crippen LogP contribution in [0.3, 0.4) is 0 Å². The third-order valence-corrected chi connectivity index (χ3v) is 1.93. The molecule has 0 aliphatic rings. The lowest BCUT2D eigenvalue weighted by Gasteiger charge is -2.02. The first kappa shape index (κ1) is 7.87. The molecule has 0 bridgehead atoms. The minimum atomic E-state index is 0.314. The Morgan fingerprint density at radius 2 is 1.62 bits per heavy atom. The molecule has 0 unspecified atom stereocenters. The van der Waals surface area contributed by atoms with Gasteiger partial charge in [-0.15, -0.1) is 0 Å². The van der Waals surface area contributed by atoms with E-state index in [1.165, 1.54) is 0 Å². The molecule has 0 aromatic heterocycles. The van der Waals surface area contributed by atoms with E-state index in [-0.39, 0.29) is 0 Å². The molecule has 63 valence electrons. The maximum atomic E-state index is 9.55. The molecule has 0 aliphatic carbocycles. The summed E-state index contributed by atoms with van der Waals surface area (Å²) >= 11 is 0. The maximum Gasteiger partial charge on any atom is 0.123 e. The second-order valence-electron chi connectivity index (χ2n) is 2.81. The molecular weight excluding hydrogens is 160 g/mol. The van der Waals surface area contributed by atoms with Crippen LogP contribution < -0.4 is 0 Å². The van der Waals surface area contributed by atoms with E-state index in [0.29, 0.717) is 5.75 Å². The summed E-state index contributed by atoms with van der Waals surface area (Å²) in [6.07, 6.45) is 0. The predicted octanol–water partition coefficient (Wildman–Crippen LogP) is 2.86. The van der Waals surface area contributed by atoms with Crippen LogP contribution in [-0.4, -0.2) is 5.11 Å². The summed E-state index contributed by atoms with van der Waals surface area (Å²) in [5.41, 5.74) is 1.87. The number of benzene rings is 2. The van der Waals surface area contributed by atoms with Crippen LogP contribution in [0.25, 0.3) is 11.1 Å². The van der Waals surface area contributed by atoms with Gasteiger partial charge in [-0.1, -0.05) is 42.5 Å². The fourth-order valence-corrected chi connectivity index (χ4v) is 1.28. The first-order valence-electron chi connectivity index (χ1n) is 4.12. The van der Waals surface area contributed by atoms with Crippen LogP contribution in [0.2, 0.25) is 0 Å². The Balaban J connectivity index is 2.54. The highest BCUT2D eigenvalue weighted by Crippen LogP contribution is 2.27. The lowest BCUT2D eigenvalue weighted by Crippen LogP contribution is -1.76. The Hall–Kier alpha value is -1.76. The Bertz CT molecular complexity index is 393. The van der Waals surface area contributed by atoms with E-state index in [4.69, 9.17) is 0 Å². The fourth-order valence-electron chi connectivity index (χ4n) is 1.28. The summed E-state index contributed by atoms with van der Waals surface area (Å²) in [6, 6.07) is 17.8. The van der Waals surface area contributed by atoms with Gasteiger partial charge < -0.3 is 5.11 Å². The van der Waals surface area contributed by atoms with Crippen molar-refractivity contribution in [2.45, 2.75) is 0 Å². The molecule has 0 saturated carbocycles. The smallest absolute Gasteiger partial charge is 0.123 e. The summed E-state index contributed by atoms with van der Waals surface area (Å²) in [6.45, 7) is 0. The molecule has 0 aliphatic heterocycles. The number of para-hydroxylation sites is 1. The standard InChI is InChI=1S/C12H9O/c13-12-9-5-4-8-11(12)10-6-2-1-3-7-10/h2-9,13H.